The van der Waals surface area contributed by atoms with Gasteiger partial charge in [-0.2, -0.15) is 0 Å². The predicted octanol–water partition coefficient (Wildman–Crippen LogP) is 3.84. The van der Waals surface area contributed by atoms with Crippen LogP contribution >= 0.6 is 11.8 Å². The van der Waals surface area contributed by atoms with Crippen LogP contribution in [0.15, 0.2) is 52.2 Å². The van der Waals surface area contributed by atoms with Gasteiger partial charge in [-0.05, 0) is 44.0 Å². The van der Waals surface area contributed by atoms with Crippen molar-refractivity contribution in [2.24, 2.45) is 0 Å². The topological polar surface area (TPSA) is 73.0 Å². The molecule has 1 amide bonds. The van der Waals surface area contributed by atoms with Gasteiger partial charge in [-0.3, -0.25) is 9.36 Å². The van der Waals surface area contributed by atoms with Gasteiger partial charge in [0.1, 0.15) is 11.6 Å². The van der Waals surface area contributed by atoms with Gasteiger partial charge in [0.05, 0.1) is 18.6 Å². The van der Waals surface area contributed by atoms with Crippen LogP contribution in [0.25, 0.3) is 0 Å². The molecule has 3 aromatic rings. The summed E-state index contributed by atoms with van der Waals surface area (Å²) in [6.45, 7) is 2.61. The molecule has 134 valence electrons. The molecule has 1 N–H and O–H groups in total. The van der Waals surface area contributed by atoms with Crippen molar-refractivity contribution in [1.29, 1.82) is 0 Å². The van der Waals surface area contributed by atoms with Crippen LogP contribution in [0.3, 0.4) is 0 Å². The molecule has 0 aliphatic heterocycles. The second-order valence-corrected chi connectivity index (χ2v) is 7.43. The van der Waals surface area contributed by atoms with Crippen LogP contribution < -0.4 is 5.32 Å². The minimum atomic E-state index is -0.0561. The van der Waals surface area contributed by atoms with Gasteiger partial charge in [0.25, 0.3) is 0 Å². The maximum absolute atomic E-state index is 12.2. The number of aromatic nitrogens is 3. The van der Waals surface area contributed by atoms with Crippen LogP contribution in [0.1, 0.15) is 35.9 Å². The quantitative estimate of drug-likeness (QED) is 0.642. The third-order valence-corrected chi connectivity index (χ3v) is 5.22. The molecule has 1 fully saturated rings. The number of nitrogens with zero attached hydrogens (tertiary/aromatic N) is 3. The van der Waals surface area contributed by atoms with E-state index in [1.54, 1.807) is 6.26 Å². The summed E-state index contributed by atoms with van der Waals surface area (Å²) < 4.78 is 7.54. The Hall–Kier alpha value is -2.54. The van der Waals surface area contributed by atoms with E-state index in [4.69, 9.17) is 4.42 Å². The first-order chi connectivity index (χ1) is 12.7. The summed E-state index contributed by atoms with van der Waals surface area (Å²) in [5, 5.41) is 12.3. The van der Waals surface area contributed by atoms with Crippen molar-refractivity contribution in [2.75, 3.05) is 11.1 Å². The monoisotopic (exact) mass is 368 g/mol. The molecule has 0 spiro atoms. The second kappa shape index (κ2) is 7.37. The van der Waals surface area contributed by atoms with Gasteiger partial charge >= 0.3 is 0 Å². The van der Waals surface area contributed by atoms with Gasteiger partial charge in [0.2, 0.25) is 5.91 Å². The molecule has 26 heavy (non-hydrogen) atoms. The highest BCUT2D eigenvalue weighted by atomic mass is 32.2. The highest BCUT2D eigenvalue weighted by molar-refractivity contribution is 7.99. The van der Waals surface area contributed by atoms with Crippen molar-refractivity contribution >= 4 is 23.4 Å². The molecule has 1 aliphatic rings. The maximum atomic E-state index is 12.2. The molecule has 2 aromatic heterocycles. The van der Waals surface area contributed by atoms with Crippen LogP contribution in [0, 0.1) is 6.92 Å². The molecule has 6 nitrogen and oxygen atoms in total. The number of hydrogen-bond donors (Lipinski definition) is 1. The molecule has 7 heteroatoms. The van der Waals surface area contributed by atoms with Gasteiger partial charge in [0, 0.05) is 11.6 Å². The van der Waals surface area contributed by atoms with Gasteiger partial charge in [-0.1, -0.05) is 29.5 Å². The summed E-state index contributed by atoms with van der Waals surface area (Å²) in [6, 6.07) is 11.6. The van der Waals surface area contributed by atoms with Crippen LogP contribution in [0.5, 0.6) is 0 Å². The van der Waals surface area contributed by atoms with E-state index in [0.29, 0.717) is 12.5 Å². The molecule has 1 aromatic carbocycles. The third kappa shape index (κ3) is 3.99. The summed E-state index contributed by atoms with van der Waals surface area (Å²) in [6.07, 6.45) is 3.96. The summed E-state index contributed by atoms with van der Waals surface area (Å²) in [7, 11) is 0. The van der Waals surface area contributed by atoms with Crippen LogP contribution in [-0.4, -0.2) is 26.4 Å². The number of benzene rings is 1. The average Bonchev–Trinajstić information content (AvgIpc) is 3.20. The number of carbonyl (C=O) groups excluding carboxylic acids is 1. The number of carbonyl (C=O) groups is 1. The molecule has 0 atom stereocenters. The largest absolute Gasteiger partial charge is 0.467 e. The average molecular weight is 368 g/mol. The van der Waals surface area contributed by atoms with Crippen LogP contribution in [0.4, 0.5) is 5.69 Å². The van der Waals surface area contributed by atoms with Gasteiger partial charge in [-0.15, -0.1) is 10.2 Å². The lowest BCUT2D eigenvalue weighted by molar-refractivity contribution is -0.113. The Kier molecular flexibility index (Phi) is 4.79. The number of thioether (sulfide) groups is 1. The van der Waals surface area contributed by atoms with E-state index >= 15 is 0 Å². The molecule has 1 saturated carbocycles. The minimum absolute atomic E-state index is 0.0561. The zero-order valence-electron chi connectivity index (χ0n) is 14.5. The number of aryl methyl sites for hydroxylation is 1. The molecule has 1 aliphatic carbocycles. The fourth-order valence-electron chi connectivity index (χ4n) is 2.72. The molecule has 0 bridgehead atoms. The molecular formula is C19H20N4O2S. The Morgan fingerprint density at radius 3 is 2.77 bits per heavy atom. The van der Waals surface area contributed by atoms with E-state index in [-0.39, 0.29) is 11.7 Å². The Bertz CT molecular complexity index is 883. The van der Waals surface area contributed by atoms with Crippen molar-refractivity contribution in [1.82, 2.24) is 14.8 Å². The normalized spacial score (nSPS) is 13.7. The van der Waals surface area contributed by atoms with Crippen molar-refractivity contribution in [3.63, 3.8) is 0 Å². The van der Waals surface area contributed by atoms with E-state index < -0.39 is 0 Å². The first kappa shape index (κ1) is 16.9. The van der Waals surface area contributed by atoms with Crippen molar-refractivity contribution in [2.45, 2.75) is 37.4 Å². The number of nitrogens with one attached hydrogen (secondary N) is 1. The lowest BCUT2D eigenvalue weighted by Gasteiger charge is -2.08. The van der Waals surface area contributed by atoms with Crippen molar-refractivity contribution < 1.29 is 9.21 Å². The Morgan fingerprint density at radius 1 is 1.27 bits per heavy atom. The third-order valence-electron chi connectivity index (χ3n) is 4.25. The van der Waals surface area contributed by atoms with Gasteiger partial charge in [-0.25, -0.2) is 0 Å². The minimum Gasteiger partial charge on any atom is -0.467 e. The number of amides is 1. The van der Waals surface area contributed by atoms with E-state index in [0.717, 1.165) is 40.8 Å². The first-order valence-electron chi connectivity index (χ1n) is 8.64. The summed E-state index contributed by atoms with van der Waals surface area (Å²) in [5.74, 6) is 2.56. The second-order valence-electron chi connectivity index (χ2n) is 6.48. The summed E-state index contributed by atoms with van der Waals surface area (Å²) in [5.41, 5.74) is 1.97. The summed E-state index contributed by atoms with van der Waals surface area (Å²) in [4.78, 5) is 12.2. The van der Waals surface area contributed by atoms with E-state index in [1.165, 1.54) is 11.8 Å². The fourth-order valence-corrected chi connectivity index (χ4v) is 3.47. The number of hydrogen-bond acceptors (Lipinski definition) is 5. The van der Waals surface area contributed by atoms with Crippen molar-refractivity contribution in [3.8, 4) is 0 Å². The van der Waals surface area contributed by atoms with E-state index in [2.05, 4.69) is 20.1 Å². The van der Waals surface area contributed by atoms with Crippen LogP contribution in [-0.2, 0) is 11.3 Å². The highest BCUT2D eigenvalue weighted by Gasteiger charge is 2.30. The zero-order chi connectivity index (χ0) is 17.9. The Balaban J connectivity index is 1.42. The number of rotatable bonds is 7. The highest BCUT2D eigenvalue weighted by Crippen LogP contribution is 2.40. The van der Waals surface area contributed by atoms with Crippen molar-refractivity contribution in [3.05, 3.63) is 59.8 Å². The SMILES string of the molecule is Cc1ccc(NC(=O)CSc2nnc(C3CC3)n2Cc2ccco2)cc1. The van der Waals surface area contributed by atoms with E-state index in [1.807, 2.05) is 43.3 Å². The van der Waals surface area contributed by atoms with E-state index in [9.17, 15) is 4.79 Å². The molecular weight excluding hydrogens is 348 g/mol. The zero-order valence-corrected chi connectivity index (χ0v) is 15.3. The first-order valence-corrected chi connectivity index (χ1v) is 9.62. The predicted molar refractivity (Wildman–Crippen MR) is 100 cm³/mol. The van der Waals surface area contributed by atoms with Gasteiger partial charge in [0.15, 0.2) is 5.16 Å². The Morgan fingerprint density at radius 2 is 2.08 bits per heavy atom. The Labute approximate surface area is 156 Å². The fraction of sp³-hybridized carbons (Fsp3) is 0.316. The summed E-state index contributed by atoms with van der Waals surface area (Å²) >= 11 is 1.40. The molecule has 4 rings (SSSR count). The smallest absolute Gasteiger partial charge is 0.234 e. The number of furan rings is 1. The number of anilines is 1. The molecule has 2 heterocycles. The standard InChI is InChI=1S/C19H20N4O2S/c1-13-4-8-15(9-5-13)20-17(24)12-26-19-22-21-18(14-6-7-14)23(19)11-16-3-2-10-25-16/h2-5,8-10,14H,6-7,11-12H2,1H3,(H,20,24). The van der Waals surface area contributed by atoms with Crippen LogP contribution in [0.2, 0.25) is 0 Å². The lowest BCUT2D eigenvalue weighted by atomic mass is 10.2. The molecule has 0 saturated heterocycles. The maximum Gasteiger partial charge on any atom is 0.234 e. The molecule has 0 unspecified atom stereocenters. The molecule has 0 radical (unpaired) electrons. The lowest BCUT2D eigenvalue weighted by Crippen LogP contribution is -2.15. The van der Waals surface area contributed by atoms with Gasteiger partial charge < -0.3 is 9.73 Å².